The molecule has 2 aromatic carbocycles. The lowest BCUT2D eigenvalue weighted by Gasteiger charge is -2.36. The van der Waals surface area contributed by atoms with Crippen LogP contribution in [0.3, 0.4) is 0 Å². The molecule has 4 rings (SSSR count). The molecule has 0 N–H and O–H groups in total. The Bertz CT molecular complexity index is 860. The second-order valence-electron chi connectivity index (χ2n) is 6.42. The van der Waals surface area contributed by atoms with Crippen LogP contribution in [-0.2, 0) is 0 Å². The summed E-state index contributed by atoms with van der Waals surface area (Å²) in [6.07, 6.45) is 11.4. The predicted octanol–water partition coefficient (Wildman–Crippen LogP) is 5.35. The summed E-state index contributed by atoms with van der Waals surface area (Å²) in [5, 5.41) is 0. The Labute approximate surface area is 150 Å². The van der Waals surface area contributed by atoms with Gasteiger partial charge in [0.25, 0.3) is 0 Å². The van der Waals surface area contributed by atoms with Gasteiger partial charge in [0.05, 0.1) is 6.04 Å². The van der Waals surface area contributed by atoms with E-state index in [9.17, 15) is 0 Å². The molecule has 25 heavy (non-hydrogen) atoms. The number of para-hydroxylation sites is 2. The molecule has 0 radical (unpaired) electrons. The van der Waals surface area contributed by atoms with E-state index in [1.165, 1.54) is 28.2 Å². The second-order valence-corrected chi connectivity index (χ2v) is 6.42. The lowest BCUT2D eigenvalue weighted by Crippen LogP contribution is -2.36. The highest BCUT2D eigenvalue weighted by Gasteiger charge is 2.22. The van der Waals surface area contributed by atoms with E-state index < -0.39 is 0 Å². The molecule has 0 aliphatic carbocycles. The SMILES string of the molecule is CCN1/C(=C\C2C=Cc3ccccc3N2CC)C=Cc2ccccc21. The van der Waals surface area contributed by atoms with Gasteiger partial charge in [-0.3, -0.25) is 0 Å². The van der Waals surface area contributed by atoms with Crippen LogP contribution >= 0.6 is 0 Å². The average molecular weight is 328 g/mol. The predicted molar refractivity (Wildman–Crippen MR) is 109 cm³/mol. The van der Waals surface area contributed by atoms with Gasteiger partial charge in [0.15, 0.2) is 0 Å². The van der Waals surface area contributed by atoms with Gasteiger partial charge in [0.1, 0.15) is 0 Å². The number of allylic oxidation sites excluding steroid dienone is 1. The topological polar surface area (TPSA) is 6.48 Å². The monoisotopic (exact) mass is 328 g/mol. The van der Waals surface area contributed by atoms with Crippen LogP contribution in [0.25, 0.3) is 12.2 Å². The van der Waals surface area contributed by atoms with E-state index in [2.05, 4.69) is 103 Å². The normalized spacial score (nSPS) is 19.9. The number of anilines is 2. The van der Waals surface area contributed by atoms with Crippen LogP contribution < -0.4 is 9.80 Å². The van der Waals surface area contributed by atoms with Crippen LogP contribution in [0.2, 0.25) is 0 Å². The largest absolute Gasteiger partial charge is 0.361 e. The van der Waals surface area contributed by atoms with Gasteiger partial charge in [-0.15, -0.1) is 0 Å². The van der Waals surface area contributed by atoms with Crippen molar-refractivity contribution in [2.24, 2.45) is 0 Å². The van der Waals surface area contributed by atoms with Gasteiger partial charge in [-0.2, -0.15) is 0 Å². The summed E-state index contributed by atoms with van der Waals surface area (Å²) in [5.74, 6) is 0. The van der Waals surface area contributed by atoms with Crippen molar-refractivity contribution in [3.8, 4) is 0 Å². The summed E-state index contributed by atoms with van der Waals surface area (Å²) < 4.78 is 0. The van der Waals surface area contributed by atoms with E-state index >= 15 is 0 Å². The minimum atomic E-state index is 0.277. The van der Waals surface area contributed by atoms with Gasteiger partial charge in [-0.05, 0) is 49.3 Å². The highest BCUT2D eigenvalue weighted by atomic mass is 15.2. The number of hydrogen-bond donors (Lipinski definition) is 0. The average Bonchev–Trinajstić information content (AvgIpc) is 2.67. The Balaban J connectivity index is 1.72. The number of nitrogens with zero attached hydrogens (tertiary/aromatic N) is 2. The second kappa shape index (κ2) is 6.64. The third-order valence-corrected chi connectivity index (χ3v) is 5.05. The lowest BCUT2D eigenvalue weighted by molar-refractivity contribution is 0.795. The van der Waals surface area contributed by atoms with Gasteiger partial charge >= 0.3 is 0 Å². The number of hydrogen-bond acceptors (Lipinski definition) is 2. The Kier molecular flexibility index (Phi) is 4.19. The molecule has 0 saturated carbocycles. The maximum atomic E-state index is 2.46. The standard InChI is InChI=1S/C23H24N2/c1-3-24-20(15-13-18-9-5-7-11-22(18)24)17-21-16-14-19-10-6-8-12-23(19)25(21)4-2/h5-17,20H,3-4H2,1-2H3/b21-17-. The van der Waals surface area contributed by atoms with Crippen molar-refractivity contribution in [2.45, 2.75) is 19.9 Å². The van der Waals surface area contributed by atoms with E-state index in [1.807, 2.05) is 0 Å². The first-order chi connectivity index (χ1) is 12.3. The van der Waals surface area contributed by atoms with E-state index in [4.69, 9.17) is 0 Å². The highest BCUT2D eigenvalue weighted by molar-refractivity contribution is 5.77. The molecule has 1 atom stereocenters. The summed E-state index contributed by atoms with van der Waals surface area (Å²) in [5.41, 5.74) is 6.47. The van der Waals surface area contributed by atoms with Crippen molar-refractivity contribution < 1.29 is 0 Å². The quantitative estimate of drug-likeness (QED) is 0.750. The van der Waals surface area contributed by atoms with Gasteiger partial charge in [0, 0.05) is 30.2 Å². The van der Waals surface area contributed by atoms with Crippen LogP contribution in [-0.4, -0.2) is 19.1 Å². The molecule has 2 aromatic rings. The third kappa shape index (κ3) is 2.78. The van der Waals surface area contributed by atoms with E-state index in [-0.39, 0.29) is 6.04 Å². The van der Waals surface area contributed by atoms with E-state index in [1.54, 1.807) is 0 Å². The molecule has 2 aliphatic heterocycles. The van der Waals surface area contributed by atoms with Crippen LogP contribution in [0.15, 0.2) is 72.5 Å². The Hall–Kier alpha value is -2.74. The van der Waals surface area contributed by atoms with Crippen molar-refractivity contribution in [2.75, 3.05) is 22.9 Å². The number of fused-ring (bicyclic) bond motifs is 2. The van der Waals surface area contributed by atoms with Crippen molar-refractivity contribution in [3.05, 3.63) is 83.6 Å². The summed E-state index contributed by atoms with van der Waals surface area (Å²) >= 11 is 0. The molecule has 0 saturated heterocycles. The summed E-state index contributed by atoms with van der Waals surface area (Å²) in [4.78, 5) is 4.86. The minimum absolute atomic E-state index is 0.277. The van der Waals surface area contributed by atoms with E-state index in [0.29, 0.717) is 0 Å². The van der Waals surface area contributed by atoms with E-state index in [0.717, 1.165) is 13.1 Å². The lowest BCUT2D eigenvalue weighted by atomic mass is 10.00. The molecule has 2 heteroatoms. The van der Waals surface area contributed by atoms with Gasteiger partial charge in [-0.25, -0.2) is 0 Å². The zero-order chi connectivity index (χ0) is 17.2. The first kappa shape index (κ1) is 15.8. The van der Waals surface area contributed by atoms with Crippen molar-refractivity contribution in [3.63, 3.8) is 0 Å². The van der Waals surface area contributed by atoms with Crippen LogP contribution in [0.5, 0.6) is 0 Å². The molecule has 0 amide bonds. The summed E-state index contributed by atoms with van der Waals surface area (Å²) in [6, 6.07) is 17.5. The number of benzene rings is 2. The van der Waals surface area contributed by atoms with Crippen LogP contribution in [0.1, 0.15) is 25.0 Å². The molecule has 2 heterocycles. The van der Waals surface area contributed by atoms with Gasteiger partial charge in [0.2, 0.25) is 0 Å². The maximum absolute atomic E-state index is 2.46. The fourth-order valence-corrected chi connectivity index (χ4v) is 3.84. The molecule has 2 aliphatic rings. The Morgan fingerprint density at radius 1 is 0.800 bits per heavy atom. The fraction of sp³-hybridized carbons (Fsp3) is 0.217. The third-order valence-electron chi connectivity index (χ3n) is 5.05. The smallest absolute Gasteiger partial charge is 0.0683 e. The van der Waals surface area contributed by atoms with Crippen LogP contribution in [0.4, 0.5) is 11.4 Å². The van der Waals surface area contributed by atoms with Crippen molar-refractivity contribution in [1.82, 2.24) is 0 Å². The molecule has 0 spiro atoms. The number of likely N-dealkylation sites (N-methyl/N-ethyl adjacent to an activating group) is 2. The first-order valence-corrected chi connectivity index (χ1v) is 9.12. The molecule has 0 fully saturated rings. The molecule has 0 bridgehead atoms. The van der Waals surface area contributed by atoms with Gasteiger partial charge in [-0.1, -0.05) is 54.6 Å². The Morgan fingerprint density at radius 3 is 2.20 bits per heavy atom. The van der Waals surface area contributed by atoms with Crippen LogP contribution in [0, 0.1) is 0 Å². The molecular weight excluding hydrogens is 304 g/mol. The molecular formula is C23H24N2. The molecule has 126 valence electrons. The van der Waals surface area contributed by atoms with Gasteiger partial charge < -0.3 is 9.80 Å². The fourth-order valence-electron chi connectivity index (χ4n) is 3.84. The molecule has 1 unspecified atom stereocenters. The summed E-state index contributed by atoms with van der Waals surface area (Å²) in [7, 11) is 0. The molecule has 0 aromatic heterocycles. The number of rotatable bonds is 3. The Morgan fingerprint density at radius 2 is 1.48 bits per heavy atom. The zero-order valence-corrected chi connectivity index (χ0v) is 14.9. The summed E-state index contributed by atoms with van der Waals surface area (Å²) in [6.45, 7) is 6.40. The van der Waals surface area contributed by atoms with Crippen molar-refractivity contribution >= 4 is 23.5 Å². The minimum Gasteiger partial charge on any atom is -0.361 e. The first-order valence-electron chi connectivity index (χ1n) is 9.12. The highest BCUT2D eigenvalue weighted by Crippen LogP contribution is 2.33. The zero-order valence-electron chi connectivity index (χ0n) is 14.9. The van der Waals surface area contributed by atoms with Crippen molar-refractivity contribution in [1.29, 1.82) is 0 Å². The molecule has 2 nitrogen and oxygen atoms in total. The maximum Gasteiger partial charge on any atom is 0.0683 e.